The zero-order valence-corrected chi connectivity index (χ0v) is 81.8. The Balaban J connectivity index is 0.000000167. The first kappa shape index (κ1) is 97.7. The van der Waals surface area contributed by atoms with E-state index in [1.807, 2.05) is 69.5 Å². The van der Waals surface area contributed by atoms with Gasteiger partial charge in [0.2, 0.25) is 74.2 Å². The van der Waals surface area contributed by atoms with Crippen molar-refractivity contribution in [2.24, 2.45) is 26.6 Å². The van der Waals surface area contributed by atoms with Crippen LogP contribution in [0.2, 0.25) is 15.1 Å². The minimum atomic E-state index is -3.66. The standard InChI is InChI=1S/C31H42ClN7O4S.C30H41ClN8O4S.C29H35ClN8O4S/c1-18(2)44(41,42)28-25(17-38(7)37-28)34-27-23(32)16-33-30(36-27)35-24-14-19(3)22(15-26(24)43-21-8-9-21)20-10-12-39(13-11-20)29(40)31(4,5)6;1-17(2)33-30(40)39-11-9-20(10-12-39)22-14-26(43-21-7-8-21)24(13-19(22)5)35-29-32-15-23(31)27(36-29)34-25-16-38(6)37-28(25)44(41,42)18(3)4;1-17(2)43(40,41)28-24(16-37(4)36-28)33-27-22(30)15-32-29(35-27)34-23-13-18(3)21(14-25(23)42-20-5-6-20)19-8-11-38(12-9-19)26(39)7-10-31/h14-18,20-21H,8-13H2,1-7H3,(H2,33,34,35,36);13-18,20-21H,7-12H2,1-6H3,(H,33,40)(H2,32,34,35,36);13-17,19-20H,5-9,11-12H2,1-4H3,(H2,32,33,34,35). The molecule has 35 nitrogen and oxygen atoms in total. The number of urea groups is 1. The van der Waals surface area contributed by atoms with Gasteiger partial charge in [-0.3, -0.25) is 23.6 Å². The number of hydrogen-bond acceptors (Lipinski definition) is 28. The number of amides is 4. The first-order valence-electron chi connectivity index (χ1n) is 44.4. The predicted octanol–water partition coefficient (Wildman–Crippen LogP) is 16.8. The van der Waals surface area contributed by atoms with E-state index in [0.717, 1.165) is 130 Å². The highest BCUT2D eigenvalue weighted by molar-refractivity contribution is 7.92. The lowest BCUT2D eigenvalue weighted by atomic mass is 9.85. The highest BCUT2D eigenvalue weighted by atomic mass is 35.5. The average Bonchev–Trinajstić information content (AvgIpc) is 1.56. The number of anilines is 12. The number of halogens is 3. The van der Waals surface area contributed by atoms with Crippen LogP contribution in [0.3, 0.4) is 0 Å². The molecular weight excluding hydrogens is 1800 g/mol. The maximum absolute atomic E-state index is 12.9. The molecule has 3 saturated heterocycles. The van der Waals surface area contributed by atoms with Crippen molar-refractivity contribution in [2.75, 3.05) is 71.2 Å². The Morgan fingerprint density at radius 2 is 0.733 bits per heavy atom. The van der Waals surface area contributed by atoms with Gasteiger partial charge in [-0.1, -0.05) is 55.6 Å². The number of aryl methyl sites for hydroxylation is 6. The van der Waals surface area contributed by atoms with Crippen LogP contribution in [0.4, 0.5) is 74.2 Å². The Morgan fingerprint density at radius 1 is 0.443 bits per heavy atom. The molecule has 3 aliphatic heterocycles. The van der Waals surface area contributed by atoms with E-state index in [9.17, 15) is 39.6 Å². The zero-order valence-electron chi connectivity index (χ0n) is 77.0. The van der Waals surface area contributed by atoms with Gasteiger partial charge < -0.3 is 66.1 Å². The van der Waals surface area contributed by atoms with Crippen LogP contribution in [0.15, 0.2) is 88.7 Å². The molecule has 131 heavy (non-hydrogen) atoms. The van der Waals surface area contributed by atoms with E-state index in [0.29, 0.717) is 49.5 Å². The van der Waals surface area contributed by atoms with E-state index in [1.54, 1.807) is 86.2 Å². The Kier molecular flexibility index (Phi) is 30.3. The molecule has 9 heterocycles. The van der Waals surface area contributed by atoms with Crippen LogP contribution in [0.1, 0.15) is 211 Å². The van der Waals surface area contributed by atoms with Crippen molar-refractivity contribution in [1.29, 1.82) is 5.26 Å². The van der Waals surface area contributed by atoms with Crippen LogP contribution in [0, 0.1) is 37.5 Å². The van der Waals surface area contributed by atoms with E-state index >= 15 is 0 Å². The van der Waals surface area contributed by atoms with Crippen molar-refractivity contribution < 1.29 is 53.8 Å². The number of aromatic nitrogens is 12. The van der Waals surface area contributed by atoms with E-state index in [2.05, 4.69) is 121 Å². The van der Waals surface area contributed by atoms with Crippen LogP contribution in [-0.2, 0) is 60.2 Å². The van der Waals surface area contributed by atoms with Gasteiger partial charge in [-0.05, 0) is 241 Å². The maximum Gasteiger partial charge on any atom is 0.317 e. The molecule has 0 bridgehead atoms. The number of benzene rings is 3. The molecule has 704 valence electrons. The Bertz CT molecular complexity index is 6120. The normalized spacial score (nSPS) is 16.0. The summed E-state index contributed by atoms with van der Waals surface area (Å²) in [7, 11) is -6.02. The van der Waals surface area contributed by atoms with Gasteiger partial charge in [0.1, 0.15) is 38.7 Å². The number of sulfone groups is 3. The number of rotatable bonds is 29. The predicted molar refractivity (Wildman–Crippen MR) is 506 cm³/mol. The van der Waals surface area contributed by atoms with Crippen molar-refractivity contribution >= 4 is 152 Å². The molecule has 4 amide bonds. The molecule has 6 aliphatic rings. The van der Waals surface area contributed by atoms with Crippen molar-refractivity contribution in [3.63, 3.8) is 0 Å². The number of carbonyl (C=O) groups excluding carboxylic acids is 3. The summed E-state index contributed by atoms with van der Waals surface area (Å²) in [6.45, 7) is 29.8. The molecule has 0 unspecified atom stereocenters. The smallest absolute Gasteiger partial charge is 0.317 e. The van der Waals surface area contributed by atoms with Gasteiger partial charge in [0.05, 0.1) is 92.8 Å². The third-order valence-electron chi connectivity index (χ3n) is 23.4. The number of ether oxygens (including phenoxy) is 3. The number of nitrogens with one attached hydrogen (secondary N) is 7. The highest BCUT2D eigenvalue weighted by Crippen LogP contribution is 2.46. The van der Waals surface area contributed by atoms with E-state index < -0.39 is 45.3 Å². The fourth-order valence-corrected chi connectivity index (χ4v) is 19.3. The summed E-state index contributed by atoms with van der Waals surface area (Å²) in [5.41, 5.74) is 9.49. The summed E-state index contributed by atoms with van der Waals surface area (Å²) < 4.78 is 101. The third-order valence-corrected chi connectivity index (χ3v) is 30.4. The van der Waals surface area contributed by atoms with Crippen LogP contribution in [0.5, 0.6) is 17.2 Å². The lowest BCUT2D eigenvalue weighted by Gasteiger charge is -2.36. The van der Waals surface area contributed by atoms with Crippen LogP contribution >= 0.6 is 34.8 Å². The molecule has 9 aromatic rings. The summed E-state index contributed by atoms with van der Waals surface area (Å²) in [6.07, 6.45) is 20.6. The number of nitrogens with zero attached hydrogens (tertiary/aromatic N) is 16. The minimum absolute atomic E-state index is 0.00871. The Morgan fingerprint density at radius 3 is 1.00 bits per heavy atom. The third kappa shape index (κ3) is 24.2. The van der Waals surface area contributed by atoms with E-state index in [1.165, 1.54) is 49.3 Å². The summed E-state index contributed by atoms with van der Waals surface area (Å²) in [5, 5.41) is 41.8. The molecule has 7 N–H and O–H groups in total. The lowest BCUT2D eigenvalue weighted by Crippen LogP contribution is -2.46. The second-order valence-electron chi connectivity index (χ2n) is 36.5. The number of piperidine rings is 3. The summed E-state index contributed by atoms with van der Waals surface area (Å²) >= 11 is 19.3. The highest BCUT2D eigenvalue weighted by Gasteiger charge is 2.38. The summed E-state index contributed by atoms with van der Waals surface area (Å²) in [6, 6.07) is 14.5. The number of likely N-dealkylation sites (tertiary alicyclic amines) is 3. The van der Waals surface area contributed by atoms with Crippen molar-refractivity contribution in [3.8, 4) is 23.3 Å². The Labute approximate surface area is 781 Å². The SMILES string of the molecule is Cc1cc(Nc2ncc(Cl)c(Nc3cn(C)nc3S(=O)(=O)C(C)C)n2)c(OC2CC2)cc1C1CCN(C(=O)C(C)(C)C)CC1.Cc1cc(Nc2ncc(Cl)c(Nc3cn(C)nc3S(=O)(=O)C(C)C)n2)c(OC2CC2)cc1C1CCN(C(=O)CC#N)CC1.Cc1cc(Nc2ncc(Cl)c(Nc3cn(C)nc3S(=O)(=O)C(C)C)n2)c(OC2CC2)cc1C1CCN(C(=O)NC(C)C)CC1. The molecule has 15 rings (SSSR count). The maximum atomic E-state index is 12.9. The molecule has 0 spiro atoms. The van der Waals surface area contributed by atoms with Gasteiger partial charge in [0, 0.05) is 90.5 Å². The van der Waals surface area contributed by atoms with Gasteiger partial charge in [-0.15, -0.1) is 0 Å². The zero-order chi connectivity index (χ0) is 94.6. The van der Waals surface area contributed by atoms with Crippen molar-refractivity contribution in [1.82, 2.24) is 79.3 Å². The molecule has 6 aromatic heterocycles. The molecular formula is C90H118Cl3N23O12S3. The summed E-state index contributed by atoms with van der Waals surface area (Å²) in [4.78, 5) is 69.9. The molecule has 0 atom stereocenters. The first-order chi connectivity index (χ1) is 61.9. The fourth-order valence-electron chi connectivity index (χ4n) is 15.6. The topological polar surface area (TPSA) is 430 Å². The molecule has 3 aromatic carbocycles. The van der Waals surface area contributed by atoms with E-state index in [4.69, 9.17) is 54.3 Å². The number of hydrogen-bond donors (Lipinski definition) is 7. The molecule has 41 heteroatoms. The van der Waals surface area contributed by atoms with Gasteiger partial charge in [0.25, 0.3) is 0 Å². The number of nitriles is 1. The van der Waals surface area contributed by atoms with Gasteiger partial charge in [-0.25, -0.2) is 45.0 Å². The summed E-state index contributed by atoms with van der Waals surface area (Å²) in [5.74, 6) is 4.63. The van der Waals surface area contributed by atoms with Crippen molar-refractivity contribution in [2.45, 2.75) is 253 Å². The van der Waals surface area contributed by atoms with Crippen LogP contribution in [-0.4, -0.2) is 196 Å². The molecule has 3 aliphatic carbocycles. The van der Waals surface area contributed by atoms with Crippen LogP contribution < -0.4 is 51.4 Å². The molecule has 0 radical (unpaired) electrons. The second-order valence-corrected chi connectivity index (χ2v) is 45.0. The van der Waals surface area contributed by atoms with Gasteiger partial charge in [0.15, 0.2) is 17.5 Å². The molecule has 3 saturated carbocycles. The quantitative estimate of drug-likeness (QED) is 0.0229. The van der Waals surface area contributed by atoms with Crippen molar-refractivity contribution in [3.05, 3.63) is 122 Å². The van der Waals surface area contributed by atoms with E-state index in [-0.39, 0.29) is 142 Å². The Hall–Kier alpha value is -10.9. The van der Waals surface area contributed by atoms with Gasteiger partial charge in [-0.2, -0.15) is 35.5 Å². The van der Waals surface area contributed by atoms with Crippen LogP contribution in [0.25, 0.3) is 0 Å². The molecule has 6 fully saturated rings. The minimum Gasteiger partial charge on any atom is -0.488 e. The second kappa shape index (κ2) is 40.7. The average molecular weight is 1920 g/mol. The monoisotopic (exact) mass is 1910 g/mol. The largest absolute Gasteiger partial charge is 0.488 e. The first-order valence-corrected chi connectivity index (χ1v) is 50.1. The lowest BCUT2D eigenvalue weighted by molar-refractivity contribution is -0.140. The number of carbonyl (C=O) groups is 3. The fraction of sp³-hybridized carbons (Fsp3) is 0.522. The van der Waals surface area contributed by atoms with Gasteiger partial charge >= 0.3 is 6.03 Å².